The van der Waals surface area contributed by atoms with Crippen LogP contribution in [0.5, 0.6) is 5.75 Å². The van der Waals surface area contributed by atoms with Crippen molar-refractivity contribution >= 4 is 25.8 Å². The predicted molar refractivity (Wildman–Crippen MR) is 85.3 cm³/mol. The van der Waals surface area contributed by atoms with Crippen molar-refractivity contribution in [3.63, 3.8) is 0 Å². The van der Waals surface area contributed by atoms with Crippen LogP contribution in [0.3, 0.4) is 0 Å². The number of aliphatic hydroxyl groups is 1. The number of hydrogen-bond acceptors (Lipinski definition) is 4. The first-order valence-corrected chi connectivity index (χ1v) is 9.15. The van der Waals surface area contributed by atoms with Gasteiger partial charge in [-0.3, -0.25) is 0 Å². The highest BCUT2D eigenvalue weighted by atomic mass is 79.9. The molecule has 21 heavy (non-hydrogen) atoms. The van der Waals surface area contributed by atoms with E-state index in [0.29, 0.717) is 23.1 Å². The van der Waals surface area contributed by atoms with Gasteiger partial charge in [0.15, 0.2) is 9.84 Å². The molecule has 2 rings (SSSR count). The smallest absolute Gasteiger partial charge is 0.184 e. The second-order valence-corrected chi connectivity index (χ2v) is 9.60. The number of methoxy groups -OCH3 is 1. The lowest BCUT2D eigenvalue weighted by atomic mass is 9.61. The average Bonchev–Trinajstić information content (AvgIpc) is 2.33. The predicted octanol–water partition coefficient (Wildman–Crippen LogP) is 3.17. The van der Waals surface area contributed by atoms with Crippen LogP contribution in [0.4, 0.5) is 0 Å². The molecule has 0 spiro atoms. The van der Waals surface area contributed by atoms with Crippen LogP contribution in [-0.4, -0.2) is 31.5 Å². The maximum atomic E-state index is 12.8. The van der Waals surface area contributed by atoms with Crippen LogP contribution < -0.4 is 4.74 Å². The van der Waals surface area contributed by atoms with E-state index in [0.717, 1.165) is 0 Å². The van der Waals surface area contributed by atoms with Gasteiger partial charge < -0.3 is 9.84 Å². The fraction of sp³-hybridized carbons (Fsp3) is 0.600. The quantitative estimate of drug-likeness (QED) is 0.876. The Morgan fingerprint density at radius 3 is 2.43 bits per heavy atom. The topological polar surface area (TPSA) is 63.6 Å². The maximum Gasteiger partial charge on any atom is 0.184 e. The largest absolute Gasteiger partial charge is 0.495 e. The van der Waals surface area contributed by atoms with Gasteiger partial charge in [-0.15, -0.1) is 0 Å². The second kappa shape index (κ2) is 5.25. The van der Waals surface area contributed by atoms with Gasteiger partial charge in [0.25, 0.3) is 0 Å². The SMILES string of the molecule is COc1ccc(Br)cc1S(=O)(=O)[C@H]1C[C@@](C)(C(C)(C)O)C1. The summed E-state index contributed by atoms with van der Waals surface area (Å²) in [6.07, 6.45) is 0.906. The molecular formula is C15H21BrO4S. The van der Waals surface area contributed by atoms with Crippen molar-refractivity contribution in [3.05, 3.63) is 22.7 Å². The molecule has 118 valence electrons. The van der Waals surface area contributed by atoms with Crippen LogP contribution in [0, 0.1) is 5.41 Å². The number of benzene rings is 1. The third-order valence-corrected chi connectivity index (χ3v) is 7.34. The summed E-state index contributed by atoms with van der Waals surface area (Å²) in [6.45, 7) is 5.39. The first-order valence-electron chi connectivity index (χ1n) is 6.81. The molecule has 4 nitrogen and oxygen atoms in total. The van der Waals surface area contributed by atoms with Crippen molar-refractivity contribution < 1.29 is 18.3 Å². The minimum absolute atomic E-state index is 0.210. The van der Waals surface area contributed by atoms with E-state index >= 15 is 0 Å². The standard InChI is InChI=1S/C15H21BrO4S/c1-14(2,17)15(3)8-11(9-15)21(18,19)13-7-10(16)5-6-12(13)20-4/h5-7,11,17H,8-9H2,1-4H3/t11-,15+. The molecule has 0 amide bonds. The summed E-state index contributed by atoms with van der Waals surface area (Å²) >= 11 is 3.30. The van der Waals surface area contributed by atoms with Gasteiger partial charge in [-0.2, -0.15) is 0 Å². The molecule has 0 heterocycles. The Bertz CT molecular complexity index is 640. The van der Waals surface area contributed by atoms with Crippen LogP contribution in [0.2, 0.25) is 0 Å². The maximum absolute atomic E-state index is 12.8. The molecular weight excluding hydrogens is 356 g/mol. The van der Waals surface area contributed by atoms with Crippen LogP contribution in [-0.2, 0) is 9.84 Å². The molecule has 1 aliphatic rings. The van der Waals surface area contributed by atoms with Crippen LogP contribution >= 0.6 is 15.9 Å². The summed E-state index contributed by atoms with van der Waals surface area (Å²) < 4.78 is 31.4. The third-order valence-electron chi connectivity index (χ3n) is 4.70. The summed E-state index contributed by atoms with van der Waals surface area (Å²) in [5.41, 5.74) is -1.26. The molecule has 0 unspecified atom stereocenters. The number of sulfone groups is 1. The Balaban J connectivity index is 2.32. The number of hydrogen-bond donors (Lipinski definition) is 1. The van der Waals surface area contributed by atoms with Gasteiger partial charge in [-0.05, 0) is 50.3 Å². The Labute approximate surface area is 134 Å². The van der Waals surface area contributed by atoms with Gasteiger partial charge in [-0.25, -0.2) is 8.42 Å². The average molecular weight is 377 g/mol. The summed E-state index contributed by atoms with van der Waals surface area (Å²) in [5, 5.41) is 9.69. The van der Waals surface area contributed by atoms with Gasteiger partial charge in [-0.1, -0.05) is 22.9 Å². The van der Waals surface area contributed by atoms with Crippen molar-refractivity contribution in [3.8, 4) is 5.75 Å². The van der Waals surface area contributed by atoms with E-state index < -0.39 is 20.7 Å². The van der Waals surface area contributed by atoms with Gasteiger partial charge >= 0.3 is 0 Å². The Morgan fingerprint density at radius 1 is 1.38 bits per heavy atom. The fourth-order valence-corrected chi connectivity index (χ4v) is 5.49. The van der Waals surface area contributed by atoms with Crippen molar-refractivity contribution in [2.45, 2.75) is 49.4 Å². The Kier molecular flexibility index (Phi) is 4.19. The lowest BCUT2D eigenvalue weighted by Gasteiger charge is -2.51. The molecule has 1 N–H and O–H groups in total. The van der Waals surface area contributed by atoms with Crippen molar-refractivity contribution in [1.29, 1.82) is 0 Å². The highest BCUT2D eigenvalue weighted by molar-refractivity contribution is 9.10. The highest BCUT2D eigenvalue weighted by Gasteiger charge is 2.54. The first-order chi connectivity index (χ1) is 9.51. The molecule has 0 bridgehead atoms. The summed E-state index contributed by atoms with van der Waals surface area (Å²) in [5.74, 6) is 0.357. The molecule has 1 aromatic carbocycles. The van der Waals surface area contributed by atoms with E-state index in [1.807, 2.05) is 6.92 Å². The van der Waals surface area contributed by atoms with Crippen molar-refractivity contribution in [1.82, 2.24) is 0 Å². The molecule has 1 fully saturated rings. The Morgan fingerprint density at radius 2 is 1.95 bits per heavy atom. The zero-order chi connectivity index (χ0) is 16.1. The monoisotopic (exact) mass is 376 g/mol. The van der Waals surface area contributed by atoms with Crippen LogP contribution in [0.25, 0.3) is 0 Å². The molecule has 0 radical (unpaired) electrons. The van der Waals surface area contributed by atoms with Crippen LogP contribution in [0.1, 0.15) is 33.6 Å². The molecule has 1 aliphatic carbocycles. The normalized spacial score (nSPS) is 26.3. The number of ether oxygens (including phenoxy) is 1. The van der Waals surface area contributed by atoms with Crippen molar-refractivity contribution in [2.24, 2.45) is 5.41 Å². The zero-order valence-electron chi connectivity index (χ0n) is 12.7. The summed E-state index contributed by atoms with van der Waals surface area (Å²) in [4.78, 5) is 0.210. The molecule has 0 aliphatic heterocycles. The lowest BCUT2D eigenvalue weighted by molar-refractivity contribution is -0.0881. The minimum Gasteiger partial charge on any atom is -0.495 e. The van der Waals surface area contributed by atoms with E-state index in [4.69, 9.17) is 4.74 Å². The van der Waals surface area contributed by atoms with E-state index in [9.17, 15) is 13.5 Å². The third kappa shape index (κ3) is 2.85. The summed E-state index contributed by atoms with van der Waals surface area (Å²) in [7, 11) is -2.00. The van der Waals surface area contributed by atoms with E-state index in [1.165, 1.54) is 7.11 Å². The molecule has 1 aromatic rings. The minimum atomic E-state index is -3.46. The number of halogens is 1. The molecule has 1 saturated carbocycles. The highest BCUT2D eigenvalue weighted by Crippen LogP contribution is 2.53. The number of rotatable bonds is 4. The second-order valence-electron chi connectivity index (χ2n) is 6.49. The van der Waals surface area contributed by atoms with Gasteiger partial charge in [0.2, 0.25) is 0 Å². The molecule has 0 aromatic heterocycles. The molecule has 0 atom stereocenters. The van der Waals surface area contributed by atoms with Gasteiger partial charge in [0, 0.05) is 4.47 Å². The van der Waals surface area contributed by atoms with Gasteiger partial charge in [0.05, 0.1) is 18.0 Å². The summed E-state index contributed by atoms with van der Waals surface area (Å²) in [6, 6.07) is 4.97. The zero-order valence-corrected chi connectivity index (χ0v) is 15.1. The Hall–Kier alpha value is -0.590. The van der Waals surface area contributed by atoms with Crippen LogP contribution in [0.15, 0.2) is 27.6 Å². The van der Waals surface area contributed by atoms with Crippen molar-refractivity contribution in [2.75, 3.05) is 7.11 Å². The molecule has 6 heteroatoms. The van der Waals surface area contributed by atoms with E-state index in [2.05, 4.69) is 15.9 Å². The van der Waals surface area contributed by atoms with Gasteiger partial charge in [0.1, 0.15) is 10.6 Å². The fourth-order valence-electron chi connectivity index (χ4n) is 2.72. The van der Waals surface area contributed by atoms with E-state index in [-0.39, 0.29) is 10.3 Å². The first kappa shape index (κ1) is 16.8. The molecule has 0 saturated heterocycles. The lowest BCUT2D eigenvalue weighted by Crippen LogP contribution is -2.54. The van der Waals surface area contributed by atoms with E-state index in [1.54, 1.807) is 32.0 Å².